The highest BCUT2D eigenvalue weighted by molar-refractivity contribution is 6.02. The number of aliphatic hydroxyl groups is 1. The van der Waals surface area contributed by atoms with Crippen molar-refractivity contribution in [1.82, 2.24) is 0 Å². The standard InChI is InChI=1S/C17H22O2/c18-16(17(19)10-2-1-3-11-17)15-9-5-8-14(12-15)13-6-4-7-13/h5,8-9,12-13,19H,1-4,6-7,10-11H2. The van der Waals surface area contributed by atoms with E-state index in [1.165, 1.54) is 24.8 Å². The van der Waals surface area contributed by atoms with E-state index in [9.17, 15) is 9.90 Å². The summed E-state index contributed by atoms with van der Waals surface area (Å²) in [5, 5.41) is 10.5. The Morgan fingerprint density at radius 1 is 1.11 bits per heavy atom. The first-order valence-electron chi connectivity index (χ1n) is 7.56. The molecule has 0 atom stereocenters. The third-order valence-electron chi connectivity index (χ3n) is 4.83. The van der Waals surface area contributed by atoms with Gasteiger partial charge in [-0.3, -0.25) is 4.79 Å². The van der Waals surface area contributed by atoms with Crippen molar-refractivity contribution in [3.63, 3.8) is 0 Å². The van der Waals surface area contributed by atoms with Gasteiger partial charge in [0.1, 0.15) is 5.60 Å². The van der Waals surface area contributed by atoms with Gasteiger partial charge in [0, 0.05) is 5.56 Å². The average molecular weight is 258 g/mol. The molecule has 2 aliphatic carbocycles. The lowest BCUT2D eigenvalue weighted by Gasteiger charge is -2.31. The second-order valence-electron chi connectivity index (χ2n) is 6.17. The van der Waals surface area contributed by atoms with Crippen molar-refractivity contribution in [3.05, 3.63) is 35.4 Å². The molecule has 19 heavy (non-hydrogen) atoms. The Morgan fingerprint density at radius 3 is 2.47 bits per heavy atom. The van der Waals surface area contributed by atoms with Crippen LogP contribution >= 0.6 is 0 Å². The van der Waals surface area contributed by atoms with E-state index in [-0.39, 0.29) is 5.78 Å². The van der Waals surface area contributed by atoms with E-state index in [1.807, 2.05) is 18.2 Å². The molecule has 2 saturated carbocycles. The Morgan fingerprint density at radius 2 is 1.84 bits per heavy atom. The third-order valence-corrected chi connectivity index (χ3v) is 4.83. The Balaban J connectivity index is 1.82. The highest BCUT2D eigenvalue weighted by Crippen LogP contribution is 2.37. The predicted molar refractivity (Wildman–Crippen MR) is 75.4 cm³/mol. The number of carbonyl (C=O) groups excluding carboxylic acids is 1. The molecule has 0 amide bonds. The van der Waals surface area contributed by atoms with Crippen molar-refractivity contribution in [3.8, 4) is 0 Å². The molecule has 0 bridgehead atoms. The van der Waals surface area contributed by atoms with Gasteiger partial charge in [0.05, 0.1) is 0 Å². The van der Waals surface area contributed by atoms with Crippen LogP contribution in [0.5, 0.6) is 0 Å². The van der Waals surface area contributed by atoms with Crippen molar-refractivity contribution < 1.29 is 9.90 Å². The Bertz CT molecular complexity index is 468. The molecule has 0 saturated heterocycles. The Kier molecular flexibility index (Phi) is 3.44. The first-order chi connectivity index (χ1) is 9.19. The lowest BCUT2D eigenvalue weighted by atomic mass is 9.77. The number of hydrogen-bond donors (Lipinski definition) is 1. The van der Waals surface area contributed by atoms with Crippen molar-refractivity contribution in [1.29, 1.82) is 0 Å². The summed E-state index contributed by atoms with van der Waals surface area (Å²) in [5.41, 5.74) is 0.876. The van der Waals surface area contributed by atoms with E-state index < -0.39 is 5.60 Å². The topological polar surface area (TPSA) is 37.3 Å². The van der Waals surface area contributed by atoms with Gasteiger partial charge in [-0.15, -0.1) is 0 Å². The zero-order valence-corrected chi connectivity index (χ0v) is 11.4. The molecule has 0 unspecified atom stereocenters. The van der Waals surface area contributed by atoms with E-state index >= 15 is 0 Å². The summed E-state index contributed by atoms with van der Waals surface area (Å²) in [6.45, 7) is 0. The fourth-order valence-electron chi connectivity index (χ4n) is 3.31. The molecule has 2 nitrogen and oxygen atoms in total. The molecule has 1 aromatic rings. The molecule has 0 spiro atoms. The van der Waals surface area contributed by atoms with Crippen LogP contribution in [0.2, 0.25) is 0 Å². The summed E-state index contributed by atoms with van der Waals surface area (Å²) < 4.78 is 0. The predicted octanol–water partition coefficient (Wildman–Crippen LogP) is 3.83. The fourth-order valence-corrected chi connectivity index (χ4v) is 3.31. The van der Waals surface area contributed by atoms with Crippen molar-refractivity contribution in [2.24, 2.45) is 0 Å². The zero-order chi connectivity index (χ0) is 13.3. The lowest BCUT2D eigenvalue weighted by Crippen LogP contribution is -2.40. The zero-order valence-electron chi connectivity index (χ0n) is 11.4. The minimum absolute atomic E-state index is 0.0617. The van der Waals surface area contributed by atoms with Crippen LogP contribution in [-0.2, 0) is 0 Å². The van der Waals surface area contributed by atoms with Gasteiger partial charge in [0.2, 0.25) is 0 Å². The maximum Gasteiger partial charge on any atom is 0.194 e. The van der Waals surface area contributed by atoms with Crippen LogP contribution in [0.15, 0.2) is 24.3 Å². The maximum absolute atomic E-state index is 12.6. The normalized spacial score (nSPS) is 22.8. The molecule has 0 radical (unpaired) electrons. The number of benzene rings is 1. The Labute approximate surface area is 114 Å². The van der Waals surface area contributed by atoms with E-state index in [0.29, 0.717) is 24.3 Å². The molecule has 2 aliphatic rings. The minimum atomic E-state index is -1.10. The van der Waals surface area contributed by atoms with Crippen LogP contribution in [0.1, 0.15) is 73.2 Å². The van der Waals surface area contributed by atoms with Gasteiger partial charge in [-0.25, -0.2) is 0 Å². The summed E-state index contributed by atoms with van der Waals surface area (Å²) in [6, 6.07) is 7.95. The Hall–Kier alpha value is -1.15. The summed E-state index contributed by atoms with van der Waals surface area (Å²) in [4.78, 5) is 12.6. The van der Waals surface area contributed by atoms with Gasteiger partial charge >= 0.3 is 0 Å². The molecule has 1 aromatic carbocycles. The maximum atomic E-state index is 12.6. The van der Waals surface area contributed by atoms with Gasteiger partial charge in [-0.1, -0.05) is 43.9 Å². The molecule has 2 fully saturated rings. The number of carbonyl (C=O) groups is 1. The van der Waals surface area contributed by atoms with Crippen LogP contribution in [0.25, 0.3) is 0 Å². The van der Waals surface area contributed by atoms with Crippen LogP contribution in [0.4, 0.5) is 0 Å². The van der Waals surface area contributed by atoms with Gasteiger partial charge in [0.15, 0.2) is 5.78 Å². The average Bonchev–Trinajstić information content (AvgIpc) is 2.37. The summed E-state index contributed by atoms with van der Waals surface area (Å²) >= 11 is 0. The van der Waals surface area contributed by atoms with Crippen molar-refractivity contribution in [2.75, 3.05) is 0 Å². The van der Waals surface area contributed by atoms with Crippen LogP contribution in [0.3, 0.4) is 0 Å². The lowest BCUT2D eigenvalue weighted by molar-refractivity contribution is 0.0116. The van der Waals surface area contributed by atoms with Gasteiger partial charge < -0.3 is 5.11 Å². The highest BCUT2D eigenvalue weighted by Gasteiger charge is 2.37. The molecule has 0 heterocycles. The number of hydrogen-bond acceptors (Lipinski definition) is 2. The second-order valence-corrected chi connectivity index (χ2v) is 6.17. The number of ketones is 1. The fraction of sp³-hybridized carbons (Fsp3) is 0.588. The molecular weight excluding hydrogens is 236 g/mol. The SMILES string of the molecule is O=C(c1cccc(C2CCC2)c1)C1(O)CCCCC1. The second kappa shape index (κ2) is 5.09. The van der Waals surface area contributed by atoms with Gasteiger partial charge in [0.25, 0.3) is 0 Å². The van der Waals surface area contributed by atoms with E-state index in [1.54, 1.807) is 0 Å². The van der Waals surface area contributed by atoms with E-state index in [2.05, 4.69) is 6.07 Å². The van der Waals surface area contributed by atoms with Crippen LogP contribution in [0, 0.1) is 0 Å². The van der Waals surface area contributed by atoms with Crippen molar-refractivity contribution >= 4 is 5.78 Å². The smallest absolute Gasteiger partial charge is 0.194 e. The first kappa shape index (κ1) is 12.9. The first-order valence-corrected chi connectivity index (χ1v) is 7.56. The summed E-state index contributed by atoms with van der Waals surface area (Å²) in [7, 11) is 0. The molecule has 1 N–H and O–H groups in total. The largest absolute Gasteiger partial charge is 0.382 e. The van der Waals surface area contributed by atoms with Crippen LogP contribution in [-0.4, -0.2) is 16.5 Å². The van der Waals surface area contributed by atoms with Gasteiger partial charge in [-0.05, 0) is 43.2 Å². The van der Waals surface area contributed by atoms with E-state index in [0.717, 1.165) is 19.3 Å². The summed E-state index contributed by atoms with van der Waals surface area (Å²) in [5.74, 6) is 0.571. The molecule has 0 aliphatic heterocycles. The molecular formula is C17H22O2. The highest BCUT2D eigenvalue weighted by atomic mass is 16.3. The summed E-state index contributed by atoms with van der Waals surface area (Å²) in [6.07, 6.45) is 8.09. The number of rotatable bonds is 3. The quantitative estimate of drug-likeness (QED) is 0.837. The molecule has 0 aromatic heterocycles. The molecule has 3 rings (SSSR count). The molecule has 2 heteroatoms. The van der Waals surface area contributed by atoms with E-state index in [4.69, 9.17) is 0 Å². The van der Waals surface area contributed by atoms with Crippen LogP contribution < -0.4 is 0 Å². The monoisotopic (exact) mass is 258 g/mol. The van der Waals surface area contributed by atoms with Crippen molar-refractivity contribution in [2.45, 2.75) is 62.9 Å². The molecule has 102 valence electrons. The van der Waals surface area contributed by atoms with Gasteiger partial charge in [-0.2, -0.15) is 0 Å². The third kappa shape index (κ3) is 2.46. The number of Topliss-reactive ketones (excluding diaryl/α,β-unsaturated/α-hetero) is 1. The minimum Gasteiger partial charge on any atom is -0.382 e.